The zero-order valence-corrected chi connectivity index (χ0v) is 11.9. The number of hydrogen-bond donors (Lipinski definition) is 1. The first kappa shape index (κ1) is 12.2. The number of anilines is 1. The van der Waals surface area contributed by atoms with Crippen molar-refractivity contribution in [2.24, 2.45) is 5.92 Å². The van der Waals surface area contributed by atoms with Gasteiger partial charge in [0.25, 0.3) is 0 Å². The predicted molar refractivity (Wildman–Crippen MR) is 80.0 cm³/mol. The number of piperidine rings is 3. The van der Waals surface area contributed by atoms with Gasteiger partial charge in [-0.15, -0.1) is 0 Å². The molecule has 0 saturated carbocycles. The van der Waals surface area contributed by atoms with E-state index in [0.717, 1.165) is 35.7 Å². The lowest BCUT2D eigenvalue weighted by atomic mass is 9.84. The minimum absolute atomic E-state index is 0.525. The molecule has 0 aliphatic carbocycles. The normalized spacial score (nSPS) is 28.9. The second-order valence-electron chi connectivity index (χ2n) is 6.10. The Kier molecular flexibility index (Phi) is 2.91. The second kappa shape index (κ2) is 4.77. The molecule has 0 unspecified atom stereocenters. The van der Waals surface area contributed by atoms with E-state index in [1.165, 1.54) is 31.5 Å². The Morgan fingerprint density at radius 2 is 2.20 bits per heavy atom. The summed E-state index contributed by atoms with van der Waals surface area (Å²) in [6.45, 7) is 5.83. The molecule has 2 bridgehead atoms. The number of nitrogens with one attached hydrogen (secondary N) is 1. The number of rotatable bonds is 3. The van der Waals surface area contributed by atoms with Gasteiger partial charge >= 0.3 is 0 Å². The largest absolute Gasteiger partial charge is 0.362 e. The van der Waals surface area contributed by atoms with Crippen molar-refractivity contribution in [1.82, 2.24) is 10.1 Å². The van der Waals surface area contributed by atoms with Crippen molar-refractivity contribution in [3.8, 4) is 0 Å². The van der Waals surface area contributed by atoms with Crippen LogP contribution in [0.3, 0.4) is 0 Å². The highest BCUT2D eigenvalue weighted by Crippen LogP contribution is 2.31. The number of nitrogens with zero attached hydrogens (tertiary/aromatic N) is 2. The van der Waals surface area contributed by atoms with Gasteiger partial charge in [-0.3, -0.25) is 0 Å². The van der Waals surface area contributed by atoms with Crippen molar-refractivity contribution in [3.05, 3.63) is 23.8 Å². The first-order chi connectivity index (χ1) is 9.83. The van der Waals surface area contributed by atoms with Crippen LogP contribution in [0.15, 0.2) is 22.7 Å². The summed E-state index contributed by atoms with van der Waals surface area (Å²) in [4.78, 5) is 2.55. The first-order valence-electron chi connectivity index (χ1n) is 7.70. The highest BCUT2D eigenvalue weighted by molar-refractivity contribution is 5.88. The highest BCUT2D eigenvalue weighted by atomic mass is 16.5. The summed E-state index contributed by atoms with van der Waals surface area (Å²) in [6.07, 6.45) is 3.65. The number of fused-ring (bicyclic) bond motifs is 4. The van der Waals surface area contributed by atoms with Gasteiger partial charge in [-0.2, -0.15) is 0 Å². The van der Waals surface area contributed by atoms with E-state index >= 15 is 0 Å². The molecular weight excluding hydrogens is 250 g/mol. The maximum absolute atomic E-state index is 5.49. The van der Waals surface area contributed by atoms with Crippen molar-refractivity contribution in [2.45, 2.75) is 32.2 Å². The molecule has 4 nitrogen and oxygen atoms in total. The summed E-state index contributed by atoms with van der Waals surface area (Å²) in [7, 11) is 0. The van der Waals surface area contributed by atoms with E-state index in [0.29, 0.717) is 6.04 Å². The summed E-state index contributed by atoms with van der Waals surface area (Å²) < 4.78 is 5.49. The van der Waals surface area contributed by atoms with Crippen LogP contribution < -0.4 is 5.32 Å². The second-order valence-corrected chi connectivity index (χ2v) is 6.10. The third-order valence-electron chi connectivity index (χ3n) is 4.92. The summed E-state index contributed by atoms with van der Waals surface area (Å²) in [5.41, 5.74) is 2.19. The van der Waals surface area contributed by atoms with Crippen LogP contribution in [0.5, 0.6) is 0 Å². The molecule has 1 aromatic heterocycles. The molecule has 0 radical (unpaired) electrons. The van der Waals surface area contributed by atoms with E-state index in [2.05, 4.69) is 40.5 Å². The monoisotopic (exact) mass is 271 g/mol. The number of aromatic nitrogens is 1. The molecule has 3 aliphatic heterocycles. The fraction of sp³-hybridized carbons (Fsp3) is 0.562. The van der Waals surface area contributed by atoms with Crippen LogP contribution >= 0.6 is 0 Å². The topological polar surface area (TPSA) is 41.3 Å². The molecule has 4 heteroatoms. The van der Waals surface area contributed by atoms with Crippen LogP contribution in [0.1, 0.15) is 25.3 Å². The van der Waals surface area contributed by atoms with E-state index in [1.54, 1.807) is 0 Å². The fourth-order valence-electron chi connectivity index (χ4n) is 3.61. The molecule has 0 amide bonds. The number of hydrogen-bond acceptors (Lipinski definition) is 4. The Bertz CT molecular complexity index is 613. The third kappa shape index (κ3) is 1.99. The van der Waals surface area contributed by atoms with Crippen LogP contribution in [-0.2, 0) is 6.42 Å². The lowest BCUT2D eigenvalue weighted by Gasteiger charge is -2.44. The smallest absolute Gasteiger partial charge is 0.177 e. The molecule has 1 aromatic carbocycles. The molecule has 0 spiro atoms. The van der Waals surface area contributed by atoms with Crippen molar-refractivity contribution < 1.29 is 4.52 Å². The molecule has 3 aliphatic rings. The molecule has 3 saturated heterocycles. The van der Waals surface area contributed by atoms with Crippen molar-refractivity contribution in [1.29, 1.82) is 0 Å². The zero-order valence-electron chi connectivity index (χ0n) is 11.9. The lowest BCUT2D eigenvalue weighted by Crippen LogP contribution is -2.53. The minimum atomic E-state index is 0.525. The Morgan fingerprint density at radius 1 is 1.35 bits per heavy atom. The van der Waals surface area contributed by atoms with Gasteiger partial charge in [0.1, 0.15) is 0 Å². The molecule has 1 atom stereocenters. The quantitative estimate of drug-likeness (QED) is 0.932. The molecule has 2 aromatic rings. The molecule has 3 fully saturated rings. The Morgan fingerprint density at radius 3 is 2.90 bits per heavy atom. The van der Waals surface area contributed by atoms with Gasteiger partial charge in [0, 0.05) is 12.6 Å². The van der Waals surface area contributed by atoms with Gasteiger partial charge in [-0.05, 0) is 56.0 Å². The molecule has 20 heavy (non-hydrogen) atoms. The summed E-state index contributed by atoms with van der Waals surface area (Å²) in [6, 6.07) is 6.93. The number of aryl methyl sites for hydroxylation is 1. The van der Waals surface area contributed by atoms with Crippen LogP contribution in [-0.4, -0.2) is 35.7 Å². The zero-order chi connectivity index (χ0) is 13.5. The van der Waals surface area contributed by atoms with Crippen molar-refractivity contribution in [2.75, 3.05) is 25.0 Å². The minimum Gasteiger partial charge on any atom is -0.362 e. The summed E-state index contributed by atoms with van der Waals surface area (Å²) in [5.74, 6) is 1.71. The van der Waals surface area contributed by atoms with Gasteiger partial charge in [0.05, 0.1) is 5.39 Å². The average molecular weight is 271 g/mol. The summed E-state index contributed by atoms with van der Waals surface area (Å²) >= 11 is 0. The van der Waals surface area contributed by atoms with Gasteiger partial charge in [-0.25, -0.2) is 0 Å². The fourth-order valence-corrected chi connectivity index (χ4v) is 3.61. The maximum Gasteiger partial charge on any atom is 0.177 e. The Labute approximate surface area is 119 Å². The van der Waals surface area contributed by atoms with E-state index in [9.17, 15) is 0 Å². The standard InChI is InChI=1S/C16H21N3O/c1-2-11-3-4-13-15(9-11)20-18-16(13)17-14-10-19-7-5-12(14)6-8-19/h3-4,9,12,14H,2,5-8,10H2,1H3,(H,17,18)/t14-/m1/s1. The first-order valence-corrected chi connectivity index (χ1v) is 7.70. The van der Waals surface area contributed by atoms with Crippen LogP contribution in [0.25, 0.3) is 11.0 Å². The van der Waals surface area contributed by atoms with E-state index in [1.807, 2.05) is 0 Å². The van der Waals surface area contributed by atoms with Crippen molar-refractivity contribution in [3.63, 3.8) is 0 Å². The Balaban J connectivity index is 1.59. The van der Waals surface area contributed by atoms with Crippen LogP contribution in [0.4, 0.5) is 5.82 Å². The average Bonchev–Trinajstić information content (AvgIpc) is 2.91. The Hall–Kier alpha value is -1.55. The molecule has 1 N–H and O–H groups in total. The maximum atomic E-state index is 5.49. The third-order valence-corrected chi connectivity index (χ3v) is 4.92. The van der Waals surface area contributed by atoms with E-state index < -0.39 is 0 Å². The predicted octanol–water partition coefficient (Wildman–Crippen LogP) is 2.90. The molecule has 5 rings (SSSR count). The number of benzene rings is 1. The lowest BCUT2D eigenvalue weighted by molar-refractivity contribution is 0.0973. The SMILES string of the molecule is CCc1ccc2c(N[C@@H]3CN4CCC3CC4)noc2c1. The molecule has 106 valence electrons. The van der Waals surface area contributed by atoms with Gasteiger partial charge in [-0.1, -0.05) is 18.1 Å². The molecule has 4 heterocycles. The highest BCUT2D eigenvalue weighted by Gasteiger charge is 2.34. The van der Waals surface area contributed by atoms with Gasteiger partial charge in [0.2, 0.25) is 0 Å². The van der Waals surface area contributed by atoms with E-state index in [4.69, 9.17) is 4.52 Å². The van der Waals surface area contributed by atoms with Crippen molar-refractivity contribution >= 4 is 16.8 Å². The van der Waals surface area contributed by atoms with Crippen LogP contribution in [0, 0.1) is 5.92 Å². The van der Waals surface area contributed by atoms with Crippen LogP contribution in [0.2, 0.25) is 0 Å². The van der Waals surface area contributed by atoms with Gasteiger partial charge < -0.3 is 14.7 Å². The molecular formula is C16H21N3O. The van der Waals surface area contributed by atoms with Gasteiger partial charge in [0.15, 0.2) is 11.4 Å². The summed E-state index contributed by atoms with van der Waals surface area (Å²) in [5, 5.41) is 8.98. The van der Waals surface area contributed by atoms with E-state index in [-0.39, 0.29) is 0 Å².